The molecule has 0 atom stereocenters. The fraction of sp³-hybridized carbons (Fsp3) is 0.0952. The molecule has 1 amide bonds. The SMILES string of the molecule is CN(Cc1ccc(C(=O)Nc2ccccc2)cc1)S(=O)(=O)c1ccccc1. The van der Waals surface area contributed by atoms with Crippen molar-refractivity contribution in [1.82, 2.24) is 4.31 Å². The normalized spacial score (nSPS) is 11.3. The van der Waals surface area contributed by atoms with Gasteiger partial charge in [0.05, 0.1) is 4.90 Å². The van der Waals surface area contributed by atoms with Crippen molar-refractivity contribution >= 4 is 21.6 Å². The zero-order valence-electron chi connectivity index (χ0n) is 14.9. The molecule has 3 aromatic carbocycles. The van der Waals surface area contributed by atoms with Gasteiger partial charge in [-0.05, 0) is 42.0 Å². The number of hydrogen-bond donors (Lipinski definition) is 1. The molecule has 0 unspecified atom stereocenters. The molecule has 0 radical (unpaired) electrons. The summed E-state index contributed by atoms with van der Waals surface area (Å²) in [5.74, 6) is -0.210. The Bertz CT molecular complexity index is 1000. The maximum atomic E-state index is 12.6. The summed E-state index contributed by atoms with van der Waals surface area (Å²) in [6.07, 6.45) is 0. The molecule has 0 heterocycles. The third kappa shape index (κ3) is 4.61. The van der Waals surface area contributed by atoms with E-state index in [1.807, 2.05) is 30.3 Å². The summed E-state index contributed by atoms with van der Waals surface area (Å²) in [5.41, 5.74) is 2.03. The van der Waals surface area contributed by atoms with Crippen LogP contribution in [0.2, 0.25) is 0 Å². The van der Waals surface area contributed by atoms with E-state index >= 15 is 0 Å². The first kappa shape index (κ1) is 18.8. The van der Waals surface area contributed by atoms with E-state index in [4.69, 9.17) is 0 Å². The first-order valence-corrected chi connectivity index (χ1v) is 9.87. The number of hydrogen-bond acceptors (Lipinski definition) is 3. The van der Waals surface area contributed by atoms with Gasteiger partial charge in [-0.2, -0.15) is 4.31 Å². The Labute approximate surface area is 159 Å². The van der Waals surface area contributed by atoms with E-state index in [0.29, 0.717) is 5.56 Å². The van der Waals surface area contributed by atoms with Gasteiger partial charge < -0.3 is 5.32 Å². The van der Waals surface area contributed by atoms with Crippen molar-refractivity contribution < 1.29 is 13.2 Å². The molecule has 1 N–H and O–H groups in total. The summed E-state index contributed by atoms with van der Waals surface area (Å²) >= 11 is 0. The summed E-state index contributed by atoms with van der Waals surface area (Å²) in [6, 6.07) is 24.4. The molecular formula is C21H20N2O3S. The number of para-hydroxylation sites is 1. The Morgan fingerprint density at radius 3 is 2.00 bits per heavy atom. The number of carbonyl (C=O) groups is 1. The average Bonchev–Trinajstić information content (AvgIpc) is 2.70. The molecule has 5 nitrogen and oxygen atoms in total. The fourth-order valence-corrected chi connectivity index (χ4v) is 3.78. The molecule has 138 valence electrons. The largest absolute Gasteiger partial charge is 0.322 e. The van der Waals surface area contributed by atoms with E-state index in [1.54, 1.807) is 61.6 Å². The number of rotatable bonds is 6. The summed E-state index contributed by atoms with van der Waals surface area (Å²) < 4.78 is 26.4. The molecule has 0 saturated carbocycles. The molecule has 0 spiro atoms. The van der Waals surface area contributed by atoms with Crippen LogP contribution < -0.4 is 5.32 Å². The van der Waals surface area contributed by atoms with Gasteiger partial charge in [-0.1, -0.05) is 48.5 Å². The van der Waals surface area contributed by atoms with Crippen LogP contribution in [0.25, 0.3) is 0 Å². The molecule has 0 aliphatic heterocycles. The summed E-state index contributed by atoms with van der Waals surface area (Å²) in [5, 5.41) is 2.82. The van der Waals surface area contributed by atoms with Crippen molar-refractivity contribution in [3.05, 3.63) is 96.1 Å². The quantitative estimate of drug-likeness (QED) is 0.708. The number of nitrogens with zero attached hydrogens (tertiary/aromatic N) is 1. The molecule has 0 aliphatic carbocycles. The summed E-state index contributed by atoms with van der Waals surface area (Å²) in [6.45, 7) is 0.220. The number of benzene rings is 3. The lowest BCUT2D eigenvalue weighted by Gasteiger charge is -2.17. The zero-order chi connectivity index (χ0) is 19.3. The first-order chi connectivity index (χ1) is 13.0. The topological polar surface area (TPSA) is 66.5 Å². The van der Waals surface area contributed by atoms with Crippen molar-refractivity contribution in [3.63, 3.8) is 0 Å². The number of carbonyl (C=O) groups excluding carboxylic acids is 1. The fourth-order valence-electron chi connectivity index (χ4n) is 2.60. The number of sulfonamides is 1. The highest BCUT2D eigenvalue weighted by Crippen LogP contribution is 2.17. The Morgan fingerprint density at radius 1 is 0.852 bits per heavy atom. The van der Waals surface area contributed by atoms with E-state index in [0.717, 1.165) is 11.3 Å². The van der Waals surface area contributed by atoms with Crippen molar-refractivity contribution in [2.75, 3.05) is 12.4 Å². The Hall–Kier alpha value is -2.96. The monoisotopic (exact) mass is 380 g/mol. The van der Waals surface area contributed by atoms with Crippen LogP contribution in [0.4, 0.5) is 5.69 Å². The molecule has 27 heavy (non-hydrogen) atoms. The van der Waals surface area contributed by atoms with Gasteiger partial charge in [0.25, 0.3) is 5.91 Å². The molecule has 0 bridgehead atoms. The van der Waals surface area contributed by atoms with E-state index in [2.05, 4.69) is 5.32 Å². The van der Waals surface area contributed by atoms with Crippen LogP contribution in [0.1, 0.15) is 15.9 Å². The first-order valence-electron chi connectivity index (χ1n) is 8.43. The highest BCUT2D eigenvalue weighted by Gasteiger charge is 2.20. The van der Waals surface area contributed by atoms with Gasteiger partial charge >= 0.3 is 0 Å². The molecule has 0 saturated heterocycles. The number of amides is 1. The molecule has 0 aliphatic rings. The smallest absolute Gasteiger partial charge is 0.255 e. The van der Waals surface area contributed by atoms with Crippen LogP contribution in [0.3, 0.4) is 0 Å². The van der Waals surface area contributed by atoms with Crippen LogP contribution in [0.15, 0.2) is 89.8 Å². The minimum atomic E-state index is -3.55. The van der Waals surface area contributed by atoms with Crippen LogP contribution in [-0.2, 0) is 16.6 Å². The van der Waals surface area contributed by atoms with Gasteiger partial charge in [-0.25, -0.2) is 8.42 Å². The van der Waals surface area contributed by atoms with Gasteiger partial charge in [-0.15, -0.1) is 0 Å². The second-order valence-electron chi connectivity index (χ2n) is 6.09. The number of anilines is 1. The van der Waals surface area contributed by atoms with Gasteiger partial charge in [0.2, 0.25) is 10.0 Å². The van der Waals surface area contributed by atoms with E-state index < -0.39 is 10.0 Å². The Morgan fingerprint density at radius 2 is 1.41 bits per heavy atom. The summed E-state index contributed by atoms with van der Waals surface area (Å²) in [4.78, 5) is 12.5. The van der Waals surface area contributed by atoms with Crippen molar-refractivity contribution in [1.29, 1.82) is 0 Å². The van der Waals surface area contributed by atoms with Crippen molar-refractivity contribution in [2.45, 2.75) is 11.4 Å². The lowest BCUT2D eigenvalue weighted by Crippen LogP contribution is -2.26. The predicted molar refractivity (Wildman–Crippen MR) is 106 cm³/mol. The van der Waals surface area contributed by atoms with Crippen LogP contribution in [0.5, 0.6) is 0 Å². The highest BCUT2D eigenvalue weighted by molar-refractivity contribution is 7.89. The standard InChI is InChI=1S/C21H20N2O3S/c1-23(27(25,26)20-10-6-3-7-11-20)16-17-12-14-18(15-13-17)21(24)22-19-8-4-2-5-9-19/h2-15H,16H2,1H3,(H,22,24). The average molecular weight is 380 g/mol. The molecule has 6 heteroatoms. The van der Waals surface area contributed by atoms with Gasteiger partial charge in [0, 0.05) is 24.8 Å². The second kappa shape index (κ2) is 8.16. The second-order valence-corrected chi connectivity index (χ2v) is 8.14. The van der Waals surface area contributed by atoms with E-state index in [1.165, 1.54) is 4.31 Å². The third-order valence-electron chi connectivity index (χ3n) is 4.10. The molecule has 0 aromatic heterocycles. The van der Waals surface area contributed by atoms with Crippen molar-refractivity contribution in [2.24, 2.45) is 0 Å². The van der Waals surface area contributed by atoms with Gasteiger partial charge in [-0.3, -0.25) is 4.79 Å². The minimum absolute atomic E-state index is 0.210. The maximum absolute atomic E-state index is 12.6. The van der Waals surface area contributed by atoms with Crippen LogP contribution in [0, 0.1) is 0 Å². The lowest BCUT2D eigenvalue weighted by atomic mass is 10.1. The van der Waals surface area contributed by atoms with Gasteiger partial charge in [0.1, 0.15) is 0 Å². The molecule has 3 rings (SSSR count). The van der Waals surface area contributed by atoms with Crippen LogP contribution >= 0.6 is 0 Å². The van der Waals surface area contributed by atoms with E-state index in [9.17, 15) is 13.2 Å². The predicted octanol–water partition coefficient (Wildman–Crippen LogP) is 3.76. The maximum Gasteiger partial charge on any atom is 0.255 e. The zero-order valence-corrected chi connectivity index (χ0v) is 15.7. The van der Waals surface area contributed by atoms with Crippen molar-refractivity contribution in [3.8, 4) is 0 Å². The molecule has 0 fully saturated rings. The third-order valence-corrected chi connectivity index (χ3v) is 5.92. The minimum Gasteiger partial charge on any atom is -0.322 e. The van der Waals surface area contributed by atoms with E-state index in [-0.39, 0.29) is 17.3 Å². The number of nitrogens with one attached hydrogen (secondary N) is 1. The van der Waals surface area contributed by atoms with Crippen LogP contribution in [-0.4, -0.2) is 25.7 Å². The molecule has 3 aromatic rings. The lowest BCUT2D eigenvalue weighted by molar-refractivity contribution is 0.102. The van der Waals surface area contributed by atoms with Gasteiger partial charge in [0.15, 0.2) is 0 Å². The Balaban J connectivity index is 1.68. The Kier molecular flexibility index (Phi) is 5.69. The highest BCUT2D eigenvalue weighted by atomic mass is 32.2. The summed E-state index contributed by atoms with van der Waals surface area (Å²) in [7, 11) is -2.01. The molecular weight excluding hydrogens is 360 g/mol.